The number of hydrogen-bond donors (Lipinski definition) is 1. The third-order valence-electron chi connectivity index (χ3n) is 2.86. The molecule has 0 fully saturated rings. The van der Waals surface area contributed by atoms with E-state index in [2.05, 4.69) is 5.10 Å². The molecule has 0 aromatic heterocycles. The lowest BCUT2D eigenvalue weighted by Gasteiger charge is -2.14. The van der Waals surface area contributed by atoms with Gasteiger partial charge in [0, 0.05) is 17.8 Å². The number of hydrazone groups is 1. The first kappa shape index (κ1) is 14.0. The molecule has 20 heavy (non-hydrogen) atoms. The second-order valence-electron chi connectivity index (χ2n) is 4.27. The van der Waals surface area contributed by atoms with Crippen molar-refractivity contribution in [2.45, 2.75) is 13.3 Å². The molecule has 0 bridgehead atoms. The Morgan fingerprint density at radius 3 is 2.40 bits per heavy atom. The first-order chi connectivity index (χ1) is 9.31. The summed E-state index contributed by atoms with van der Waals surface area (Å²) in [4.78, 5) is 22.6. The molecule has 1 N–H and O–H groups in total. The van der Waals surface area contributed by atoms with Crippen LogP contribution in [0.25, 0.3) is 0 Å². The second-order valence-corrected chi connectivity index (χ2v) is 4.27. The van der Waals surface area contributed by atoms with Crippen LogP contribution in [0.2, 0.25) is 0 Å². The van der Waals surface area contributed by atoms with Crippen molar-refractivity contribution in [2.24, 2.45) is 11.0 Å². The predicted octanol–water partition coefficient (Wildman–Crippen LogP) is 1.92. The fourth-order valence-corrected chi connectivity index (χ4v) is 1.86. The van der Waals surface area contributed by atoms with E-state index in [4.69, 9.17) is 5.11 Å². The van der Waals surface area contributed by atoms with Crippen molar-refractivity contribution < 1.29 is 27.9 Å². The number of nitrogens with zero attached hydrogens (tertiary/aromatic N) is 2. The van der Waals surface area contributed by atoms with Crippen molar-refractivity contribution in [1.82, 2.24) is 0 Å². The van der Waals surface area contributed by atoms with Gasteiger partial charge in [0.1, 0.15) is 0 Å². The van der Waals surface area contributed by atoms with Crippen LogP contribution < -0.4 is 5.01 Å². The molecule has 1 amide bonds. The lowest BCUT2D eigenvalue weighted by molar-refractivity contribution is -0.139. The van der Waals surface area contributed by atoms with E-state index in [-0.39, 0.29) is 11.4 Å². The SMILES string of the molecule is CC1=NN(c2cc(F)c(F)c(F)c2)C(=O)C1CC(=O)O. The number of benzene rings is 1. The normalized spacial score (nSPS) is 18.4. The van der Waals surface area contributed by atoms with Crippen LogP contribution in [-0.2, 0) is 9.59 Å². The van der Waals surface area contributed by atoms with Crippen LogP contribution in [0.5, 0.6) is 0 Å². The molecular weight excluding hydrogens is 277 g/mol. The van der Waals surface area contributed by atoms with Crippen LogP contribution in [0.3, 0.4) is 0 Å². The van der Waals surface area contributed by atoms with Crippen molar-refractivity contribution in [1.29, 1.82) is 0 Å². The topological polar surface area (TPSA) is 70.0 Å². The van der Waals surface area contributed by atoms with Crippen LogP contribution in [-0.4, -0.2) is 22.7 Å². The molecule has 0 spiro atoms. The van der Waals surface area contributed by atoms with E-state index in [1.165, 1.54) is 6.92 Å². The summed E-state index contributed by atoms with van der Waals surface area (Å²) in [5, 5.41) is 13.1. The molecule has 1 aliphatic heterocycles. The van der Waals surface area contributed by atoms with E-state index in [9.17, 15) is 22.8 Å². The summed E-state index contributed by atoms with van der Waals surface area (Å²) in [6.07, 6.45) is -0.475. The summed E-state index contributed by atoms with van der Waals surface area (Å²) in [6, 6.07) is 1.24. The van der Waals surface area contributed by atoms with Gasteiger partial charge in [0.05, 0.1) is 18.0 Å². The minimum absolute atomic E-state index is 0.211. The van der Waals surface area contributed by atoms with E-state index < -0.39 is 41.7 Å². The Bertz CT molecular complexity index is 607. The molecule has 8 heteroatoms. The lowest BCUT2D eigenvalue weighted by Crippen LogP contribution is -2.28. The minimum Gasteiger partial charge on any atom is -0.481 e. The standard InChI is InChI=1S/C12H9F3N2O3/c1-5-7(4-10(18)19)12(20)17(16-5)6-2-8(13)11(15)9(14)3-6/h2-3,7H,4H2,1H3,(H,18,19). The van der Waals surface area contributed by atoms with E-state index in [1.807, 2.05) is 0 Å². The van der Waals surface area contributed by atoms with Gasteiger partial charge in [0.25, 0.3) is 5.91 Å². The quantitative estimate of drug-likeness (QED) is 0.863. The van der Waals surface area contributed by atoms with Gasteiger partial charge in [0.2, 0.25) is 0 Å². The summed E-state index contributed by atoms with van der Waals surface area (Å²) in [6.45, 7) is 1.43. The zero-order valence-electron chi connectivity index (χ0n) is 10.2. The minimum atomic E-state index is -1.65. The summed E-state index contributed by atoms with van der Waals surface area (Å²) in [5.74, 6) is -7.48. The van der Waals surface area contributed by atoms with Gasteiger partial charge in [-0.15, -0.1) is 0 Å². The lowest BCUT2D eigenvalue weighted by atomic mass is 10.0. The Kier molecular flexibility index (Phi) is 3.47. The van der Waals surface area contributed by atoms with E-state index in [1.54, 1.807) is 0 Å². The molecule has 1 heterocycles. The third kappa shape index (κ3) is 2.36. The number of carboxylic acids is 1. The van der Waals surface area contributed by atoms with Gasteiger partial charge in [-0.2, -0.15) is 5.10 Å². The fourth-order valence-electron chi connectivity index (χ4n) is 1.86. The highest BCUT2D eigenvalue weighted by Gasteiger charge is 2.36. The van der Waals surface area contributed by atoms with Gasteiger partial charge in [-0.05, 0) is 6.92 Å². The number of hydrogen-bond acceptors (Lipinski definition) is 3. The zero-order chi connectivity index (χ0) is 15.0. The molecule has 0 saturated heterocycles. The molecule has 106 valence electrons. The van der Waals surface area contributed by atoms with Crippen molar-refractivity contribution in [3.8, 4) is 0 Å². The fraction of sp³-hybridized carbons (Fsp3) is 0.250. The first-order valence-corrected chi connectivity index (χ1v) is 5.56. The molecule has 2 rings (SSSR count). The summed E-state index contributed by atoms with van der Waals surface area (Å²) in [5.41, 5.74) is -0.0822. The van der Waals surface area contributed by atoms with Crippen LogP contribution in [0.15, 0.2) is 17.2 Å². The molecule has 0 radical (unpaired) electrons. The maximum Gasteiger partial charge on any atom is 0.304 e. The van der Waals surface area contributed by atoms with Gasteiger partial charge in [-0.25, -0.2) is 18.2 Å². The molecule has 1 atom stereocenters. The highest BCUT2D eigenvalue weighted by atomic mass is 19.2. The van der Waals surface area contributed by atoms with Gasteiger partial charge < -0.3 is 5.11 Å². The maximum atomic E-state index is 13.1. The number of rotatable bonds is 3. The number of carbonyl (C=O) groups excluding carboxylic acids is 1. The molecule has 0 aliphatic carbocycles. The number of amides is 1. The Labute approximate surface area is 111 Å². The van der Waals surface area contributed by atoms with E-state index >= 15 is 0 Å². The van der Waals surface area contributed by atoms with Gasteiger partial charge in [-0.3, -0.25) is 9.59 Å². The first-order valence-electron chi connectivity index (χ1n) is 5.56. The largest absolute Gasteiger partial charge is 0.481 e. The molecule has 1 unspecified atom stereocenters. The average molecular weight is 286 g/mol. The average Bonchev–Trinajstić information content (AvgIpc) is 2.63. The molecule has 1 aromatic carbocycles. The molecular formula is C12H9F3N2O3. The highest BCUT2D eigenvalue weighted by Crippen LogP contribution is 2.28. The number of halogens is 3. The molecule has 0 saturated carbocycles. The monoisotopic (exact) mass is 286 g/mol. The number of aliphatic carboxylic acids is 1. The summed E-state index contributed by atoms with van der Waals surface area (Å²) >= 11 is 0. The molecule has 1 aromatic rings. The summed E-state index contributed by atoms with van der Waals surface area (Å²) in [7, 11) is 0. The van der Waals surface area contributed by atoms with Crippen molar-refractivity contribution in [3.63, 3.8) is 0 Å². The number of carboxylic acid groups (broad SMARTS) is 1. The Morgan fingerprint density at radius 2 is 1.90 bits per heavy atom. The highest BCUT2D eigenvalue weighted by molar-refractivity contribution is 6.16. The molecule has 1 aliphatic rings. The van der Waals surface area contributed by atoms with Crippen LogP contribution in [0, 0.1) is 23.4 Å². The Balaban J connectivity index is 2.36. The van der Waals surface area contributed by atoms with Crippen molar-refractivity contribution >= 4 is 23.3 Å². The van der Waals surface area contributed by atoms with E-state index in [0.717, 1.165) is 0 Å². The van der Waals surface area contributed by atoms with Crippen LogP contribution in [0.1, 0.15) is 13.3 Å². The Morgan fingerprint density at radius 1 is 1.35 bits per heavy atom. The maximum absolute atomic E-state index is 13.1. The Hall–Kier alpha value is -2.38. The van der Waals surface area contributed by atoms with Gasteiger partial charge in [-0.1, -0.05) is 0 Å². The van der Waals surface area contributed by atoms with Gasteiger partial charge >= 0.3 is 5.97 Å². The van der Waals surface area contributed by atoms with Gasteiger partial charge in [0.15, 0.2) is 17.5 Å². The van der Waals surface area contributed by atoms with Crippen molar-refractivity contribution in [2.75, 3.05) is 5.01 Å². The smallest absolute Gasteiger partial charge is 0.304 e. The zero-order valence-corrected chi connectivity index (χ0v) is 10.2. The third-order valence-corrected chi connectivity index (χ3v) is 2.86. The van der Waals surface area contributed by atoms with Crippen LogP contribution in [0.4, 0.5) is 18.9 Å². The molecule has 5 nitrogen and oxygen atoms in total. The number of anilines is 1. The van der Waals surface area contributed by atoms with Crippen molar-refractivity contribution in [3.05, 3.63) is 29.6 Å². The second kappa shape index (κ2) is 4.95. The number of carbonyl (C=O) groups is 2. The predicted molar refractivity (Wildman–Crippen MR) is 62.7 cm³/mol. The van der Waals surface area contributed by atoms with E-state index in [0.29, 0.717) is 17.1 Å². The summed E-state index contributed by atoms with van der Waals surface area (Å²) < 4.78 is 39.1. The van der Waals surface area contributed by atoms with Crippen LogP contribution >= 0.6 is 0 Å².